The van der Waals surface area contributed by atoms with Gasteiger partial charge in [-0.2, -0.15) is 0 Å². The fourth-order valence-electron chi connectivity index (χ4n) is 4.20. The molecule has 3 N–H and O–H groups in total. The maximum Gasteiger partial charge on any atom is 0.413 e. The Bertz CT molecular complexity index is 1160. The highest BCUT2D eigenvalue weighted by molar-refractivity contribution is 7.14. The lowest BCUT2D eigenvalue weighted by Crippen LogP contribution is -2.36. The van der Waals surface area contributed by atoms with Crippen LogP contribution >= 0.6 is 11.3 Å². The second-order valence-electron chi connectivity index (χ2n) is 8.05. The predicted octanol–water partition coefficient (Wildman–Crippen LogP) is 4.88. The Kier molecular flexibility index (Phi) is 7.22. The number of carboxylic acids is 1. The van der Waals surface area contributed by atoms with E-state index in [9.17, 15) is 14.4 Å². The van der Waals surface area contributed by atoms with E-state index in [-0.39, 0.29) is 29.8 Å². The Morgan fingerprint density at radius 2 is 1.74 bits per heavy atom. The van der Waals surface area contributed by atoms with Crippen molar-refractivity contribution in [1.29, 1.82) is 0 Å². The summed E-state index contributed by atoms with van der Waals surface area (Å²) in [4.78, 5) is 40.0. The van der Waals surface area contributed by atoms with E-state index < -0.39 is 24.0 Å². The molecule has 1 aromatic heterocycles. The minimum Gasteiger partial charge on any atom is -0.481 e. The number of aromatic nitrogens is 1. The Morgan fingerprint density at radius 3 is 2.35 bits per heavy atom. The van der Waals surface area contributed by atoms with Crippen molar-refractivity contribution in [2.75, 3.05) is 11.9 Å². The van der Waals surface area contributed by atoms with Gasteiger partial charge in [0.05, 0.1) is 6.42 Å². The van der Waals surface area contributed by atoms with E-state index in [0.717, 1.165) is 40.0 Å². The van der Waals surface area contributed by atoms with Crippen LogP contribution in [-0.4, -0.2) is 40.7 Å². The first-order valence-corrected chi connectivity index (χ1v) is 11.9. The van der Waals surface area contributed by atoms with Gasteiger partial charge >= 0.3 is 12.1 Å². The first-order chi connectivity index (χ1) is 16.5. The van der Waals surface area contributed by atoms with Crippen molar-refractivity contribution in [3.8, 4) is 11.1 Å². The number of benzene rings is 2. The summed E-state index contributed by atoms with van der Waals surface area (Å²) in [5.74, 6) is -1.51. The van der Waals surface area contributed by atoms with Gasteiger partial charge in [-0.25, -0.2) is 9.78 Å². The van der Waals surface area contributed by atoms with Crippen molar-refractivity contribution >= 4 is 34.4 Å². The number of anilines is 1. The third-order valence-corrected chi connectivity index (χ3v) is 6.44. The molecule has 0 spiro atoms. The molecule has 0 saturated heterocycles. The van der Waals surface area contributed by atoms with E-state index in [2.05, 4.69) is 27.8 Å². The zero-order chi connectivity index (χ0) is 24.1. The number of rotatable bonds is 9. The fraction of sp³-hybridized carbons (Fsp3) is 0.280. The van der Waals surface area contributed by atoms with Gasteiger partial charge < -0.3 is 15.2 Å². The summed E-state index contributed by atoms with van der Waals surface area (Å²) < 4.78 is 5.50. The number of aliphatic carboxylic acids is 1. The normalized spacial score (nSPS) is 13.0. The van der Waals surface area contributed by atoms with E-state index in [4.69, 9.17) is 9.84 Å². The van der Waals surface area contributed by atoms with Crippen LogP contribution in [0.15, 0.2) is 53.9 Å². The summed E-state index contributed by atoms with van der Waals surface area (Å²) in [7, 11) is 0. The molecule has 1 heterocycles. The number of hydrogen-bond acceptors (Lipinski definition) is 6. The fourth-order valence-corrected chi connectivity index (χ4v) is 4.88. The standard InChI is InChI=1S/C25H25N3O5S/c1-2-7-15(12-22(29)30)26-23(31)21-14-34-24(27-21)28-25(32)33-13-20-18-10-5-3-8-16(18)17-9-4-6-11-19(17)20/h3-6,8-11,14-15,20H,2,7,12-13H2,1H3,(H,26,31)(H,29,30)(H,27,28,32)/t15-/m1/s1. The quantitative estimate of drug-likeness (QED) is 0.403. The second kappa shape index (κ2) is 10.5. The first-order valence-electron chi connectivity index (χ1n) is 11.1. The number of carbonyl (C=O) groups is 3. The number of ether oxygens (including phenoxy) is 1. The zero-order valence-electron chi connectivity index (χ0n) is 18.6. The van der Waals surface area contributed by atoms with Gasteiger partial charge in [0.2, 0.25) is 0 Å². The van der Waals surface area contributed by atoms with Gasteiger partial charge in [-0.15, -0.1) is 11.3 Å². The van der Waals surface area contributed by atoms with Crippen LogP contribution < -0.4 is 10.6 Å². The molecule has 0 unspecified atom stereocenters. The van der Waals surface area contributed by atoms with Crippen LogP contribution in [0.25, 0.3) is 11.1 Å². The molecule has 1 atom stereocenters. The van der Waals surface area contributed by atoms with E-state index in [1.54, 1.807) is 0 Å². The molecule has 9 heteroatoms. The summed E-state index contributed by atoms with van der Waals surface area (Å²) in [5, 5.41) is 16.0. The summed E-state index contributed by atoms with van der Waals surface area (Å²) in [6.07, 6.45) is 0.476. The van der Waals surface area contributed by atoms with Gasteiger partial charge in [0.1, 0.15) is 12.3 Å². The van der Waals surface area contributed by atoms with Crippen molar-refractivity contribution in [3.63, 3.8) is 0 Å². The molecule has 1 aliphatic carbocycles. The summed E-state index contributed by atoms with van der Waals surface area (Å²) in [6.45, 7) is 2.09. The smallest absolute Gasteiger partial charge is 0.413 e. The minimum absolute atomic E-state index is 0.0551. The van der Waals surface area contributed by atoms with Crippen LogP contribution in [0.1, 0.15) is 53.7 Å². The monoisotopic (exact) mass is 479 g/mol. The molecule has 8 nitrogen and oxygen atoms in total. The Balaban J connectivity index is 1.35. The van der Waals surface area contributed by atoms with E-state index >= 15 is 0 Å². The van der Waals surface area contributed by atoms with Gasteiger partial charge in [-0.05, 0) is 28.7 Å². The van der Waals surface area contributed by atoms with Crippen molar-refractivity contribution in [1.82, 2.24) is 10.3 Å². The lowest BCUT2D eigenvalue weighted by atomic mass is 9.98. The van der Waals surface area contributed by atoms with Crippen molar-refractivity contribution < 1.29 is 24.2 Å². The lowest BCUT2D eigenvalue weighted by Gasteiger charge is -2.15. The van der Waals surface area contributed by atoms with Crippen LogP contribution in [0, 0.1) is 0 Å². The first kappa shape index (κ1) is 23.4. The van der Waals surface area contributed by atoms with Gasteiger partial charge in [0.15, 0.2) is 5.13 Å². The number of nitrogens with one attached hydrogen (secondary N) is 2. The highest BCUT2D eigenvalue weighted by atomic mass is 32.1. The maximum atomic E-state index is 12.4. The molecule has 2 aromatic carbocycles. The molecule has 2 amide bonds. The molecule has 0 bridgehead atoms. The topological polar surface area (TPSA) is 118 Å². The van der Waals surface area contributed by atoms with Crippen LogP contribution in [0.3, 0.4) is 0 Å². The Hall–Kier alpha value is -3.72. The van der Waals surface area contributed by atoms with Crippen LogP contribution in [0.5, 0.6) is 0 Å². The molecule has 0 saturated carbocycles. The van der Waals surface area contributed by atoms with Gasteiger partial charge in [0.25, 0.3) is 5.91 Å². The number of amides is 2. The highest BCUT2D eigenvalue weighted by Crippen LogP contribution is 2.44. The number of carboxylic acid groups (broad SMARTS) is 1. The molecule has 0 fully saturated rings. The number of fused-ring (bicyclic) bond motifs is 3. The summed E-state index contributed by atoms with van der Waals surface area (Å²) in [5.41, 5.74) is 4.64. The largest absolute Gasteiger partial charge is 0.481 e. The van der Waals surface area contributed by atoms with Gasteiger partial charge in [-0.1, -0.05) is 61.9 Å². The average molecular weight is 480 g/mol. The third-order valence-electron chi connectivity index (χ3n) is 5.68. The van der Waals surface area contributed by atoms with Crippen molar-refractivity contribution in [2.45, 2.75) is 38.1 Å². The molecule has 34 heavy (non-hydrogen) atoms. The Morgan fingerprint density at radius 1 is 1.09 bits per heavy atom. The van der Waals surface area contributed by atoms with Crippen LogP contribution in [-0.2, 0) is 9.53 Å². The van der Waals surface area contributed by atoms with E-state index in [1.165, 1.54) is 5.38 Å². The average Bonchev–Trinajstić information content (AvgIpc) is 3.40. The van der Waals surface area contributed by atoms with E-state index in [0.29, 0.717) is 6.42 Å². The molecular weight excluding hydrogens is 454 g/mol. The zero-order valence-corrected chi connectivity index (χ0v) is 19.4. The third kappa shape index (κ3) is 5.26. The van der Waals surface area contributed by atoms with Crippen molar-refractivity contribution in [3.05, 3.63) is 70.7 Å². The van der Waals surface area contributed by atoms with Gasteiger partial charge in [-0.3, -0.25) is 14.9 Å². The molecule has 4 rings (SSSR count). The number of hydrogen-bond donors (Lipinski definition) is 3. The number of nitrogens with zero attached hydrogens (tertiary/aromatic N) is 1. The van der Waals surface area contributed by atoms with Gasteiger partial charge in [0, 0.05) is 17.3 Å². The number of carbonyl (C=O) groups excluding carboxylic acids is 2. The molecule has 3 aromatic rings. The highest BCUT2D eigenvalue weighted by Gasteiger charge is 2.29. The molecule has 0 radical (unpaired) electrons. The minimum atomic E-state index is -0.977. The molecule has 0 aliphatic heterocycles. The Labute approximate surface area is 201 Å². The molecule has 1 aliphatic rings. The van der Waals surface area contributed by atoms with Crippen molar-refractivity contribution in [2.24, 2.45) is 0 Å². The molecular formula is C25H25N3O5S. The van der Waals surface area contributed by atoms with Crippen LogP contribution in [0.2, 0.25) is 0 Å². The SMILES string of the molecule is CCC[C@H](CC(=O)O)NC(=O)c1csc(NC(=O)OCC2c3ccccc3-c3ccccc32)n1. The van der Waals surface area contributed by atoms with Crippen LogP contribution in [0.4, 0.5) is 9.93 Å². The predicted molar refractivity (Wildman–Crippen MR) is 129 cm³/mol. The summed E-state index contributed by atoms with van der Waals surface area (Å²) in [6, 6.07) is 15.7. The molecule has 176 valence electrons. The maximum absolute atomic E-state index is 12.4. The number of thiazole rings is 1. The second-order valence-corrected chi connectivity index (χ2v) is 8.90. The summed E-state index contributed by atoms with van der Waals surface area (Å²) >= 11 is 1.10. The van der Waals surface area contributed by atoms with E-state index in [1.807, 2.05) is 43.3 Å². The lowest BCUT2D eigenvalue weighted by molar-refractivity contribution is -0.137.